The van der Waals surface area contributed by atoms with Gasteiger partial charge < -0.3 is 10.6 Å². The molecule has 0 aromatic carbocycles. The Morgan fingerprint density at radius 3 is 2.50 bits per heavy atom. The van der Waals surface area contributed by atoms with Gasteiger partial charge in [-0.25, -0.2) is 0 Å². The van der Waals surface area contributed by atoms with Crippen molar-refractivity contribution in [3.05, 3.63) is 23.5 Å². The molecule has 1 fully saturated rings. The number of hydrogen-bond donors (Lipinski definition) is 1. The molecule has 4 nitrogen and oxygen atoms in total. The minimum Gasteiger partial charge on any atom is -0.397 e. The van der Waals surface area contributed by atoms with Crippen LogP contribution in [-0.2, 0) is 0 Å². The second-order valence-corrected chi connectivity index (χ2v) is 6.83. The normalized spacial score (nSPS) is 17.3. The molecule has 2 rings (SSSR count). The Labute approximate surface area is 121 Å². The quantitative estimate of drug-likeness (QED) is 0.857. The molecule has 0 spiro atoms. The highest BCUT2D eigenvalue weighted by Crippen LogP contribution is 2.34. The monoisotopic (exact) mass is 275 g/mol. The van der Waals surface area contributed by atoms with Gasteiger partial charge in [0, 0.05) is 13.1 Å². The van der Waals surface area contributed by atoms with Gasteiger partial charge >= 0.3 is 0 Å². The number of nitrogens with two attached hydrogens (primary N) is 1. The first-order chi connectivity index (χ1) is 9.29. The zero-order chi connectivity index (χ0) is 14.9. The summed E-state index contributed by atoms with van der Waals surface area (Å²) in [7, 11) is 0. The molecule has 2 N–H and O–H groups in total. The number of nitrogens with zero attached hydrogens (tertiary/aromatic N) is 2. The van der Waals surface area contributed by atoms with Crippen molar-refractivity contribution in [3.8, 4) is 0 Å². The van der Waals surface area contributed by atoms with E-state index in [1.54, 1.807) is 12.3 Å². The van der Waals surface area contributed by atoms with E-state index < -0.39 is 0 Å². The number of pyridine rings is 1. The van der Waals surface area contributed by atoms with E-state index in [9.17, 15) is 4.79 Å². The number of piperidine rings is 1. The van der Waals surface area contributed by atoms with Crippen LogP contribution in [0.1, 0.15) is 49.7 Å². The van der Waals surface area contributed by atoms with Gasteiger partial charge in [0.05, 0.1) is 23.1 Å². The second-order valence-electron chi connectivity index (χ2n) is 6.83. The molecule has 20 heavy (non-hydrogen) atoms. The summed E-state index contributed by atoms with van der Waals surface area (Å²) in [6.07, 6.45) is 3.74. The van der Waals surface area contributed by atoms with Crippen molar-refractivity contribution in [2.75, 3.05) is 18.8 Å². The molecule has 1 aromatic rings. The molecule has 110 valence electrons. The molecular formula is C16H25N3O. The van der Waals surface area contributed by atoms with Gasteiger partial charge in [0.1, 0.15) is 0 Å². The molecule has 0 atom stereocenters. The summed E-state index contributed by atoms with van der Waals surface area (Å²) in [5.41, 5.74) is 8.00. The van der Waals surface area contributed by atoms with Crippen molar-refractivity contribution in [1.29, 1.82) is 0 Å². The highest BCUT2D eigenvalue weighted by Gasteiger charge is 2.31. The lowest BCUT2D eigenvalue weighted by atomic mass is 9.75. The molecule has 0 radical (unpaired) electrons. The molecule has 0 bridgehead atoms. The van der Waals surface area contributed by atoms with E-state index in [0.717, 1.165) is 31.6 Å². The standard InChI is InChI=1S/C16H25N3O/c1-11-14(9-13(17)10-18-11)15(20)19-7-5-12(6-8-19)16(2,3)4/h9-10,12H,5-8,17H2,1-4H3. The first-order valence-corrected chi connectivity index (χ1v) is 7.30. The van der Waals surface area contributed by atoms with Crippen LogP contribution in [0.25, 0.3) is 0 Å². The van der Waals surface area contributed by atoms with E-state index in [1.165, 1.54) is 0 Å². The minimum atomic E-state index is 0.0645. The average Bonchev–Trinajstić information content (AvgIpc) is 2.40. The number of likely N-dealkylation sites (tertiary alicyclic amines) is 1. The molecule has 0 aliphatic carbocycles. The van der Waals surface area contributed by atoms with Gasteiger partial charge in [0.25, 0.3) is 5.91 Å². The Kier molecular flexibility index (Phi) is 4.02. The van der Waals surface area contributed by atoms with Crippen molar-refractivity contribution in [2.45, 2.75) is 40.5 Å². The Balaban J connectivity index is 2.07. The summed E-state index contributed by atoms with van der Waals surface area (Å²) in [5.74, 6) is 0.751. The lowest BCUT2D eigenvalue weighted by Crippen LogP contribution is -2.41. The topological polar surface area (TPSA) is 59.2 Å². The van der Waals surface area contributed by atoms with Gasteiger partial charge in [0.15, 0.2) is 0 Å². The fourth-order valence-corrected chi connectivity index (χ4v) is 2.88. The summed E-state index contributed by atoms with van der Waals surface area (Å²) in [6, 6.07) is 1.74. The summed E-state index contributed by atoms with van der Waals surface area (Å²) in [6.45, 7) is 10.3. The predicted molar refractivity (Wildman–Crippen MR) is 81.5 cm³/mol. The van der Waals surface area contributed by atoms with Gasteiger partial charge in [-0.3, -0.25) is 9.78 Å². The maximum absolute atomic E-state index is 12.6. The molecule has 0 saturated carbocycles. The molecule has 1 aliphatic heterocycles. The fraction of sp³-hybridized carbons (Fsp3) is 0.625. The van der Waals surface area contributed by atoms with E-state index in [0.29, 0.717) is 22.6 Å². The maximum atomic E-state index is 12.6. The highest BCUT2D eigenvalue weighted by molar-refractivity contribution is 5.96. The van der Waals surface area contributed by atoms with Crippen molar-refractivity contribution in [1.82, 2.24) is 9.88 Å². The Morgan fingerprint density at radius 2 is 1.95 bits per heavy atom. The fourth-order valence-electron chi connectivity index (χ4n) is 2.88. The molecule has 0 unspecified atom stereocenters. The molecule has 1 aliphatic rings. The van der Waals surface area contributed by atoms with Gasteiger partial charge in [-0.15, -0.1) is 0 Å². The lowest BCUT2D eigenvalue weighted by Gasteiger charge is -2.38. The number of anilines is 1. The van der Waals surface area contributed by atoms with Gasteiger partial charge in [-0.2, -0.15) is 0 Å². The lowest BCUT2D eigenvalue weighted by molar-refractivity contribution is 0.0607. The smallest absolute Gasteiger partial charge is 0.255 e. The SMILES string of the molecule is Cc1ncc(N)cc1C(=O)N1CCC(C(C)(C)C)CC1. The average molecular weight is 275 g/mol. The Morgan fingerprint density at radius 1 is 1.35 bits per heavy atom. The highest BCUT2D eigenvalue weighted by atomic mass is 16.2. The number of rotatable bonds is 1. The number of carbonyl (C=O) groups excluding carboxylic acids is 1. The van der Waals surface area contributed by atoms with Crippen LogP contribution < -0.4 is 5.73 Å². The van der Waals surface area contributed by atoms with Crippen LogP contribution in [0, 0.1) is 18.3 Å². The van der Waals surface area contributed by atoms with Crippen molar-refractivity contribution >= 4 is 11.6 Å². The number of aryl methyl sites for hydroxylation is 1. The summed E-state index contributed by atoms with van der Waals surface area (Å²) < 4.78 is 0. The van der Waals surface area contributed by atoms with E-state index >= 15 is 0 Å². The van der Waals surface area contributed by atoms with Crippen molar-refractivity contribution in [2.24, 2.45) is 11.3 Å². The summed E-state index contributed by atoms with van der Waals surface area (Å²) in [5, 5.41) is 0. The molecule has 2 heterocycles. The van der Waals surface area contributed by atoms with Crippen LogP contribution in [-0.4, -0.2) is 28.9 Å². The first kappa shape index (κ1) is 14.8. The Bertz CT molecular complexity index is 497. The van der Waals surface area contributed by atoms with Crippen molar-refractivity contribution in [3.63, 3.8) is 0 Å². The van der Waals surface area contributed by atoms with E-state index in [2.05, 4.69) is 25.8 Å². The molecule has 4 heteroatoms. The second kappa shape index (κ2) is 5.43. The Hall–Kier alpha value is -1.58. The largest absolute Gasteiger partial charge is 0.397 e. The maximum Gasteiger partial charge on any atom is 0.255 e. The van der Waals surface area contributed by atoms with Crippen LogP contribution in [0.2, 0.25) is 0 Å². The number of nitrogen functional groups attached to an aromatic ring is 1. The molecular weight excluding hydrogens is 250 g/mol. The third-order valence-corrected chi connectivity index (χ3v) is 4.35. The number of hydrogen-bond acceptors (Lipinski definition) is 3. The van der Waals surface area contributed by atoms with Crippen LogP contribution in [0.3, 0.4) is 0 Å². The van der Waals surface area contributed by atoms with Crippen molar-refractivity contribution < 1.29 is 4.79 Å². The van der Waals surface area contributed by atoms with Gasteiger partial charge in [-0.05, 0) is 37.2 Å². The van der Waals surface area contributed by atoms with E-state index in [1.807, 2.05) is 11.8 Å². The van der Waals surface area contributed by atoms with Crippen LogP contribution >= 0.6 is 0 Å². The number of aromatic nitrogens is 1. The van der Waals surface area contributed by atoms with E-state index in [4.69, 9.17) is 5.73 Å². The molecule has 1 saturated heterocycles. The zero-order valence-electron chi connectivity index (χ0n) is 12.9. The summed E-state index contributed by atoms with van der Waals surface area (Å²) in [4.78, 5) is 18.7. The van der Waals surface area contributed by atoms with E-state index in [-0.39, 0.29) is 5.91 Å². The zero-order valence-corrected chi connectivity index (χ0v) is 12.9. The predicted octanol–water partition coefficient (Wildman–Crippen LogP) is 2.87. The molecule has 1 aromatic heterocycles. The molecule has 1 amide bonds. The van der Waals surface area contributed by atoms with Crippen LogP contribution in [0.5, 0.6) is 0 Å². The third kappa shape index (κ3) is 3.11. The number of amides is 1. The van der Waals surface area contributed by atoms with Gasteiger partial charge in [0.2, 0.25) is 0 Å². The number of carbonyl (C=O) groups is 1. The van der Waals surface area contributed by atoms with Crippen LogP contribution in [0.4, 0.5) is 5.69 Å². The minimum absolute atomic E-state index is 0.0645. The first-order valence-electron chi connectivity index (χ1n) is 7.30. The van der Waals surface area contributed by atoms with Crippen LogP contribution in [0.15, 0.2) is 12.3 Å². The third-order valence-electron chi connectivity index (χ3n) is 4.35. The summed E-state index contributed by atoms with van der Waals surface area (Å²) >= 11 is 0. The van der Waals surface area contributed by atoms with Gasteiger partial charge in [-0.1, -0.05) is 20.8 Å².